The second kappa shape index (κ2) is 8.95. The Morgan fingerprint density at radius 2 is 1.57 bits per heavy atom. The lowest BCUT2D eigenvalue weighted by molar-refractivity contribution is -0.114. The van der Waals surface area contributed by atoms with E-state index in [9.17, 15) is 22.8 Å². The number of rotatable bonds is 5. The average molecular weight is 430 g/mol. The van der Waals surface area contributed by atoms with Crippen molar-refractivity contribution in [1.29, 1.82) is 0 Å². The van der Waals surface area contributed by atoms with Gasteiger partial charge in [-0.3, -0.25) is 9.59 Å². The lowest BCUT2D eigenvalue weighted by Crippen LogP contribution is -2.38. The summed E-state index contributed by atoms with van der Waals surface area (Å²) in [5.74, 6) is -0.527. The van der Waals surface area contributed by atoms with Crippen LogP contribution in [0.3, 0.4) is 0 Å². The highest BCUT2D eigenvalue weighted by Crippen LogP contribution is 2.17. The van der Waals surface area contributed by atoms with Crippen LogP contribution in [0.2, 0.25) is 0 Å². The lowest BCUT2D eigenvalue weighted by Gasteiger charge is -2.12. The third-order valence-corrected chi connectivity index (χ3v) is 6.18. The molecule has 1 aliphatic heterocycles. The highest BCUT2D eigenvalue weighted by molar-refractivity contribution is 7.91. The van der Waals surface area contributed by atoms with Gasteiger partial charge in [-0.2, -0.15) is 0 Å². The fourth-order valence-corrected chi connectivity index (χ4v) is 4.72. The van der Waals surface area contributed by atoms with E-state index in [2.05, 4.69) is 21.3 Å². The van der Waals surface area contributed by atoms with Gasteiger partial charge in [-0.25, -0.2) is 13.2 Å². The molecule has 3 rings (SSSR count). The molecule has 1 saturated heterocycles. The van der Waals surface area contributed by atoms with Crippen molar-refractivity contribution in [3.8, 4) is 0 Å². The van der Waals surface area contributed by atoms with Gasteiger partial charge in [0.2, 0.25) is 5.91 Å². The van der Waals surface area contributed by atoms with Crippen LogP contribution in [0, 0.1) is 0 Å². The molecule has 2 aromatic rings. The Labute approximate surface area is 174 Å². The van der Waals surface area contributed by atoms with Crippen LogP contribution in [0.5, 0.6) is 0 Å². The first-order chi connectivity index (χ1) is 14.2. The highest BCUT2D eigenvalue weighted by atomic mass is 32.2. The molecule has 0 radical (unpaired) electrons. The molecule has 4 amide bonds. The monoisotopic (exact) mass is 430 g/mol. The summed E-state index contributed by atoms with van der Waals surface area (Å²) in [7, 11) is -3.07. The van der Waals surface area contributed by atoms with E-state index < -0.39 is 21.9 Å². The number of benzene rings is 2. The molecule has 0 bridgehead atoms. The Hall–Kier alpha value is -3.40. The van der Waals surface area contributed by atoms with Gasteiger partial charge in [-0.05, 0) is 48.9 Å². The zero-order chi connectivity index (χ0) is 21.7. The van der Waals surface area contributed by atoms with E-state index in [0.29, 0.717) is 29.0 Å². The Balaban J connectivity index is 1.55. The Kier molecular flexibility index (Phi) is 6.36. The van der Waals surface area contributed by atoms with Gasteiger partial charge < -0.3 is 21.3 Å². The number of nitrogens with one attached hydrogen (secondary N) is 4. The molecular formula is C20H22N4O5S. The molecule has 1 heterocycles. The van der Waals surface area contributed by atoms with Crippen LogP contribution in [0.1, 0.15) is 23.7 Å². The van der Waals surface area contributed by atoms with Gasteiger partial charge in [0.05, 0.1) is 11.5 Å². The number of sulfone groups is 1. The standard InChI is InChI=1S/C20H22N4O5S/c1-13(25)21-16-3-2-4-17(11-16)22-19(26)14-5-7-15(8-6-14)23-20(27)24-18-9-10-30(28,29)12-18/h2-8,11,18H,9-10,12H2,1H3,(H,21,25)(H,22,26)(H2,23,24,27)/t18-/m0/s1. The minimum Gasteiger partial charge on any atom is -0.334 e. The number of hydrogen-bond acceptors (Lipinski definition) is 5. The zero-order valence-electron chi connectivity index (χ0n) is 16.3. The van der Waals surface area contributed by atoms with Crippen molar-refractivity contribution in [2.75, 3.05) is 27.5 Å². The molecule has 9 nitrogen and oxygen atoms in total. The summed E-state index contributed by atoms with van der Waals surface area (Å²) in [6, 6.07) is 12.1. The number of anilines is 3. The molecular weight excluding hydrogens is 408 g/mol. The SMILES string of the molecule is CC(=O)Nc1cccc(NC(=O)c2ccc(NC(=O)N[C@H]3CCS(=O)(=O)C3)cc2)c1. The quantitative estimate of drug-likeness (QED) is 0.577. The smallest absolute Gasteiger partial charge is 0.319 e. The summed E-state index contributed by atoms with van der Waals surface area (Å²) in [5, 5.41) is 10.6. The maximum atomic E-state index is 12.4. The molecule has 2 aromatic carbocycles. The first-order valence-corrected chi connectivity index (χ1v) is 11.1. The molecule has 1 atom stereocenters. The van der Waals surface area contributed by atoms with Crippen molar-refractivity contribution in [2.45, 2.75) is 19.4 Å². The molecule has 0 aliphatic carbocycles. The van der Waals surface area contributed by atoms with Crippen LogP contribution in [-0.4, -0.2) is 43.8 Å². The Morgan fingerprint density at radius 1 is 0.900 bits per heavy atom. The normalized spacial score (nSPS) is 17.0. The molecule has 0 saturated carbocycles. The van der Waals surface area contributed by atoms with Crippen LogP contribution in [0.15, 0.2) is 48.5 Å². The topological polar surface area (TPSA) is 133 Å². The van der Waals surface area contributed by atoms with Crippen molar-refractivity contribution in [2.24, 2.45) is 0 Å². The maximum Gasteiger partial charge on any atom is 0.319 e. The van der Waals surface area contributed by atoms with Crippen LogP contribution in [-0.2, 0) is 14.6 Å². The van der Waals surface area contributed by atoms with Gasteiger partial charge >= 0.3 is 6.03 Å². The van der Waals surface area contributed by atoms with Crippen LogP contribution < -0.4 is 21.3 Å². The predicted octanol–water partition coefficient (Wildman–Crippen LogP) is 2.21. The van der Waals surface area contributed by atoms with Crippen molar-refractivity contribution in [3.05, 3.63) is 54.1 Å². The van der Waals surface area contributed by atoms with Gasteiger partial charge in [0.1, 0.15) is 0 Å². The van der Waals surface area contributed by atoms with E-state index in [-0.39, 0.29) is 23.3 Å². The molecule has 158 valence electrons. The molecule has 1 aliphatic rings. The van der Waals surface area contributed by atoms with E-state index in [1.807, 2.05) is 0 Å². The number of carbonyl (C=O) groups is 3. The second-order valence-electron chi connectivity index (χ2n) is 6.99. The number of urea groups is 1. The van der Waals surface area contributed by atoms with Gasteiger partial charge in [0.25, 0.3) is 5.91 Å². The molecule has 0 unspecified atom stereocenters. The van der Waals surface area contributed by atoms with E-state index >= 15 is 0 Å². The fourth-order valence-electron chi connectivity index (χ4n) is 3.05. The minimum absolute atomic E-state index is 0.0529. The van der Waals surface area contributed by atoms with Crippen LogP contribution in [0.4, 0.5) is 21.9 Å². The fraction of sp³-hybridized carbons (Fsp3) is 0.250. The summed E-state index contributed by atoms with van der Waals surface area (Å²) < 4.78 is 22.9. The molecule has 4 N–H and O–H groups in total. The summed E-state index contributed by atoms with van der Waals surface area (Å²) in [6.45, 7) is 1.40. The van der Waals surface area contributed by atoms with Gasteiger partial charge in [0, 0.05) is 35.6 Å². The van der Waals surface area contributed by atoms with E-state index in [1.54, 1.807) is 48.5 Å². The first kappa shape index (κ1) is 21.3. The van der Waals surface area contributed by atoms with Gasteiger partial charge in [-0.1, -0.05) is 6.07 Å². The number of amides is 4. The molecule has 0 spiro atoms. The summed E-state index contributed by atoms with van der Waals surface area (Å²) in [5.41, 5.74) is 1.95. The average Bonchev–Trinajstić information content (AvgIpc) is 3.00. The zero-order valence-corrected chi connectivity index (χ0v) is 17.1. The summed E-state index contributed by atoms with van der Waals surface area (Å²) in [4.78, 5) is 35.6. The van der Waals surface area contributed by atoms with Crippen LogP contribution in [0.25, 0.3) is 0 Å². The lowest BCUT2D eigenvalue weighted by atomic mass is 10.2. The predicted molar refractivity (Wildman–Crippen MR) is 114 cm³/mol. The number of carbonyl (C=O) groups excluding carboxylic acids is 3. The third kappa shape index (κ3) is 6.05. The highest BCUT2D eigenvalue weighted by Gasteiger charge is 2.28. The minimum atomic E-state index is -3.07. The molecule has 1 fully saturated rings. The Bertz CT molecular complexity index is 1070. The first-order valence-electron chi connectivity index (χ1n) is 9.27. The van der Waals surface area contributed by atoms with E-state index in [0.717, 1.165) is 0 Å². The maximum absolute atomic E-state index is 12.4. The van der Waals surface area contributed by atoms with Crippen molar-refractivity contribution in [3.63, 3.8) is 0 Å². The second-order valence-corrected chi connectivity index (χ2v) is 9.22. The molecule has 30 heavy (non-hydrogen) atoms. The third-order valence-electron chi connectivity index (χ3n) is 4.41. The van der Waals surface area contributed by atoms with Crippen molar-refractivity contribution in [1.82, 2.24) is 5.32 Å². The largest absolute Gasteiger partial charge is 0.334 e. The van der Waals surface area contributed by atoms with Gasteiger partial charge in [-0.15, -0.1) is 0 Å². The van der Waals surface area contributed by atoms with Crippen molar-refractivity contribution < 1.29 is 22.8 Å². The van der Waals surface area contributed by atoms with Crippen molar-refractivity contribution >= 4 is 44.7 Å². The molecule has 0 aromatic heterocycles. The summed E-state index contributed by atoms with van der Waals surface area (Å²) >= 11 is 0. The summed E-state index contributed by atoms with van der Waals surface area (Å²) in [6.07, 6.45) is 0.401. The van der Waals surface area contributed by atoms with Crippen LogP contribution >= 0.6 is 0 Å². The number of hydrogen-bond donors (Lipinski definition) is 4. The Morgan fingerprint density at radius 3 is 2.17 bits per heavy atom. The van der Waals surface area contributed by atoms with E-state index in [1.165, 1.54) is 6.92 Å². The van der Waals surface area contributed by atoms with E-state index in [4.69, 9.17) is 0 Å². The van der Waals surface area contributed by atoms with Gasteiger partial charge in [0.15, 0.2) is 9.84 Å². The molecule has 10 heteroatoms.